The summed E-state index contributed by atoms with van der Waals surface area (Å²) in [5, 5.41) is 3.37. The average Bonchev–Trinajstić information content (AvgIpc) is 2.31. The van der Waals surface area contributed by atoms with Gasteiger partial charge >= 0.3 is 0 Å². The van der Waals surface area contributed by atoms with E-state index in [0.29, 0.717) is 6.04 Å². The number of carbonyl (C=O) groups is 1. The standard InChI is InChI=1S/C13H19N3O/c1-9-6-12(4-5-14-9)13(17)16-8-10(2)15-7-11(16)3/h4-6,10-11,15H,7-8H2,1-3H3. The molecule has 4 heteroatoms. The number of hydrogen-bond donors (Lipinski definition) is 1. The van der Waals surface area contributed by atoms with Gasteiger partial charge < -0.3 is 10.2 Å². The van der Waals surface area contributed by atoms with E-state index in [0.717, 1.165) is 24.3 Å². The first-order chi connectivity index (χ1) is 8.08. The van der Waals surface area contributed by atoms with Gasteiger partial charge in [-0.1, -0.05) is 0 Å². The minimum absolute atomic E-state index is 0.108. The second-order valence-electron chi connectivity index (χ2n) is 4.80. The molecule has 2 rings (SSSR count). The number of aryl methyl sites for hydroxylation is 1. The Labute approximate surface area is 102 Å². The van der Waals surface area contributed by atoms with E-state index in [4.69, 9.17) is 0 Å². The summed E-state index contributed by atoms with van der Waals surface area (Å²) in [5.41, 5.74) is 1.62. The second-order valence-corrected chi connectivity index (χ2v) is 4.80. The lowest BCUT2D eigenvalue weighted by atomic mass is 10.1. The van der Waals surface area contributed by atoms with Gasteiger partial charge in [-0.05, 0) is 32.9 Å². The number of nitrogens with one attached hydrogen (secondary N) is 1. The van der Waals surface area contributed by atoms with Gasteiger partial charge in [0.15, 0.2) is 0 Å². The van der Waals surface area contributed by atoms with Crippen LogP contribution >= 0.6 is 0 Å². The molecule has 1 aliphatic heterocycles. The Morgan fingerprint density at radius 2 is 2.29 bits per heavy atom. The van der Waals surface area contributed by atoms with Gasteiger partial charge in [0.25, 0.3) is 5.91 Å². The first kappa shape index (κ1) is 12.0. The summed E-state index contributed by atoms with van der Waals surface area (Å²) >= 11 is 0. The van der Waals surface area contributed by atoms with Crippen LogP contribution in [0.5, 0.6) is 0 Å². The maximum atomic E-state index is 12.4. The quantitative estimate of drug-likeness (QED) is 0.793. The lowest BCUT2D eigenvalue weighted by Gasteiger charge is -2.37. The van der Waals surface area contributed by atoms with E-state index in [-0.39, 0.29) is 11.9 Å². The third-order valence-electron chi connectivity index (χ3n) is 3.17. The van der Waals surface area contributed by atoms with Gasteiger partial charge in [0, 0.05) is 42.6 Å². The third-order valence-corrected chi connectivity index (χ3v) is 3.17. The molecule has 1 aliphatic rings. The van der Waals surface area contributed by atoms with Crippen molar-refractivity contribution in [2.45, 2.75) is 32.9 Å². The van der Waals surface area contributed by atoms with Crippen molar-refractivity contribution in [3.05, 3.63) is 29.6 Å². The number of nitrogens with zero attached hydrogens (tertiary/aromatic N) is 2. The Morgan fingerprint density at radius 3 is 3.00 bits per heavy atom. The van der Waals surface area contributed by atoms with Crippen LogP contribution in [0.1, 0.15) is 29.9 Å². The van der Waals surface area contributed by atoms with Crippen LogP contribution in [0.25, 0.3) is 0 Å². The molecule has 2 atom stereocenters. The zero-order chi connectivity index (χ0) is 12.4. The third kappa shape index (κ3) is 2.64. The molecular formula is C13H19N3O. The molecule has 17 heavy (non-hydrogen) atoms. The predicted octanol–water partition coefficient (Wildman–Crippen LogP) is 1.21. The lowest BCUT2D eigenvalue weighted by molar-refractivity contribution is 0.0616. The van der Waals surface area contributed by atoms with Crippen LogP contribution in [0.3, 0.4) is 0 Å². The van der Waals surface area contributed by atoms with E-state index in [1.165, 1.54) is 0 Å². The van der Waals surface area contributed by atoms with E-state index < -0.39 is 0 Å². The number of aromatic nitrogens is 1. The fraction of sp³-hybridized carbons (Fsp3) is 0.538. The maximum Gasteiger partial charge on any atom is 0.254 e. The van der Waals surface area contributed by atoms with Gasteiger partial charge in [-0.2, -0.15) is 0 Å². The Balaban J connectivity index is 2.18. The van der Waals surface area contributed by atoms with Crippen molar-refractivity contribution in [2.24, 2.45) is 0 Å². The van der Waals surface area contributed by atoms with E-state index in [2.05, 4.69) is 24.1 Å². The minimum atomic E-state index is 0.108. The molecule has 1 aromatic heterocycles. The van der Waals surface area contributed by atoms with Crippen molar-refractivity contribution >= 4 is 5.91 Å². The molecule has 1 amide bonds. The number of hydrogen-bond acceptors (Lipinski definition) is 3. The van der Waals surface area contributed by atoms with Gasteiger partial charge in [0.05, 0.1) is 0 Å². The van der Waals surface area contributed by atoms with Crippen molar-refractivity contribution in [1.82, 2.24) is 15.2 Å². The molecule has 0 aromatic carbocycles. The topological polar surface area (TPSA) is 45.2 Å². The van der Waals surface area contributed by atoms with Gasteiger partial charge in [0.1, 0.15) is 0 Å². The van der Waals surface area contributed by atoms with E-state index in [1.54, 1.807) is 12.3 Å². The van der Waals surface area contributed by atoms with Crippen molar-refractivity contribution in [3.63, 3.8) is 0 Å². The summed E-state index contributed by atoms with van der Waals surface area (Å²) in [6.45, 7) is 7.70. The van der Waals surface area contributed by atoms with Crippen LogP contribution in [-0.4, -0.2) is 41.0 Å². The van der Waals surface area contributed by atoms with Crippen LogP contribution in [0.4, 0.5) is 0 Å². The number of piperazine rings is 1. The molecule has 0 saturated carbocycles. The SMILES string of the molecule is Cc1cc(C(=O)N2CC(C)NCC2C)ccn1. The molecule has 2 heterocycles. The average molecular weight is 233 g/mol. The van der Waals surface area contributed by atoms with Crippen molar-refractivity contribution in [2.75, 3.05) is 13.1 Å². The van der Waals surface area contributed by atoms with Gasteiger partial charge in [-0.25, -0.2) is 0 Å². The molecule has 1 aromatic rings. The Hall–Kier alpha value is -1.42. The molecule has 92 valence electrons. The summed E-state index contributed by atoms with van der Waals surface area (Å²) in [5.74, 6) is 0.108. The van der Waals surface area contributed by atoms with Crippen molar-refractivity contribution in [3.8, 4) is 0 Å². The monoisotopic (exact) mass is 233 g/mol. The lowest BCUT2D eigenvalue weighted by Crippen LogP contribution is -2.56. The highest BCUT2D eigenvalue weighted by Gasteiger charge is 2.27. The Morgan fingerprint density at radius 1 is 1.53 bits per heavy atom. The summed E-state index contributed by atoms with van der Waals surface area (Å²) in [7, 11) is 0. The molecule has 0 aliphatic carbocycles. The molecule has 0 spiro atoms. The molecule has 4 nitrogen and oxygen atoms in total. The molecule has 0 radical (unpaired) electrons. The first-order valence-corrected chi connectivity index (χ1v) is 6.05. The second kappa shape index (κ2) is 4.84. The van der Waals surface area contributed by atoms with Crippen LogP contribution in [-0.2, 0) is 0 Å². The summed E-state index contributed by atoms with van der Waals surface area (Å²) in [6.07, 6.45) is 1.69. The normalized spacial score (nSPS) is 24.8. The maximum absolute atomic E-state index is 12.4. The molecule has 1 fully saturated rings. The number of rotatable bonds is 1. The summed E-state index contributed by atoms with van der Waals surface area (Å²) in [6, 6.07) is 4.24. The van der Waals surface area contributed by atoms with Crippen LogP contribution in [0.15, 0.2) is 18.3 Å². The first-order valence-electron chi connectivity index (χ1n) is 6.05. The molecule has 1 saturated heterocycles. The fourth-order valence-electron chi connectivity index (χ4n) is 2.15. The van der Waals surface area contributed by atoms with E-state index >= 15 is 0 Å². The Kier molecular flexibility index (Phi) is 3.43. The molecule has 0 bridgehead atoms. The number of pyridine rings is 1. The highest BCUT2D eigenvalue weighted by molar-refractivity contribution is 5.94. The Bertz CT molecular complexity index is 419. The van der Waals surface area contributed by atoms with Gasteiger partial charge in [-0.15, -0.1) is 0 Å². The fourth-order valence-corrected chi connectivity index (χ4v) is 2.15. The van der Waals surface area contributed by atoms with Crippen LogP contribution < -0.4 is 5.32 Å². The largest absolute Gasteiger partial charge is 0.333 e. The molecule has 1 N–H and O–H groups in total. The van der Waals surface area contributed by atoms with Crippen LogP contribution in [0.2, 0.25) is 0 Å². The highest BCUT2D eigenvalue weighted by atomic mass is 16.2. The predicted molar refractivity (Wildman–Crippen MR) is 66.9 cm³/mol. The van der Waals surface area contributed by atoms with E-state index in [1.807, 2.05) is 17.9 Å². The van der Waals surface area contributed by atoms with Gasteiger partial charge in [-0.3, -0.25) is 9.78 Å². The number of carbonyl (C=O) groups excluding carboxylic acids is 1. The molecular weight excluding hydrogens is 214 g/mol. The minimum Gasteiger partial charge on any atom is -0.333 e. The zero-order valence-electron chi connectivity index (χ0n) is 10.6. The number of amides is 1. The molecule has 2 unspecified atom stereocenters. The smallest absolute Gasteiger partial charge is 0.254 e. The summed E-state index contributed by atoms with van der Waals surface area (Å²) in [4.78, 5) is 18.4. The summed E-state index contributed by atoms with van der Waals surface area (Å²) < 4.78 is 0. The van der Waals surface area contributed by atoms with Crippen molar-refractivity contribution in [1.29, 1.82) is 0 Å². The van der Waals surface area contributed by atoms with E-state index in [9.17, 15) is 4.79 Å². The van der Waals surface area contributed by atoms with Crippen molar-refractivity contribution < 1.29 is 4.79 Å². The zero-order valence-corrected chi connectivity index (χ0v) is 10.6. The highest BCUT2D eigenvalue weighted by Crippen LogP contribution is 2.12. The van der Waals surface area contributed by atoms with Crippen LogP contribution in [0, 0.1) is 6.92 Å². The van der Waals surface area contributed by atoms with Gasteiger partial charge in [0.2, 0.25) is 0 Å².